The standard InChI is InChI=1S/C21H20N4O2S/c1-25(2)16-23-28(26,27)20-13-19(14-22-15-20)24-21(17-9-5-3-6-10-17)18-11-7-4-8-12-18/h3-16H,1-2H3. The molecule has 0 aliphatic heterocycles. The molecule has 2 aromatic carbocycles. The monoisotopic (exact) mass is 392 g/mol. The summed E-state index contributed by atoms with van der Waals surface area (Å²) in [6, 6.07) is 20.9. The molecule has 0 amide bonds. The molecule has 0 fully saturated rings. The minimum Gasteiger partial charge on any atom is -0.368 e. The van der Waals surface area contributed by atoms with Gasteiger partial charge in [0.15, 0.2) is 0 Å². The van der Waals surface area contributed by atoms with Crippen LogP contribution in [0.25, 0.3) is 0 Å². The van der Waals surface area contributed by atoms with Crippen LogP contribution >= 0.6 is 0 Å². The Morgan fingerprint density at radius 2 is 1.50 bits per heavy atom. The molecule has 0 saturated carbocycles. The van der Waals surface area contributed by atoms with Gasteiger partial charge in [0.1, 0.15) is 11.2 Å². The van der Waals surface area contributed by atoms with Crippen LogP contribution in [0.1, 0.15) is 11.1 Å². The third kappa shape index (κ3) is 4.89. The molecule has 0 atom stereocenters. The first-order valence-electron chi connectivity index (χ1n) is 8.57. The van der Waals surface area contributed by atoms with E-state index in [1.54, 1.807) is 19.0 Å². The quantitative estimate of drug-likeness (QED) is 0.475. The third-order valence-electron chi connectivity index (χ3n) is 3.75. The molecule has 0 N–H and O–H groups in total. The Balaban J connectivity index is 2.07. The first-order valence-corrected chi connectivity index (χ1v) is 10.0. The average Bonchev–Trinajstić information content (AvgIpc) is 2.72. The zero-order valence-corrected chi connectivity index (χ0v) is 16.4. The van der Waals surface area contributed by atoms with Gasteiger partial charge in [-0.25, -0.2) is 4.99 Å². The lowest BCUT2D eigenvalue weighted by molar-refractivity contribution is 0.594. The van der Waals surface area contributed by atoms with E-state index in [4.69, 9.17) is 4.99 Å². The summed E-state index contributed by atoms with van der Waals surface area (Å²) in [7, 11) is -0.450. The van der Waals surface area contributed by atoms with E-state index in [9.17, 15) is 8.42 Å². The highest BCUT2D eigenvalue weighted by Crippen LogP contribution is 2.21. The summed E-state index contributed by atoms with van der Waals surface area (Å²) < 4.78 is 28.5. The lowest BCUT2D eigenvalue weighted by Crippen LogP contribution is -2.10. The fraction of sp³-hybridized carbons (Fsp3) is 0.0952. The lowest BCUT2D eigenvalue weighted by atomic mass is 10.0. The van der Waals surface area contributed by atoms with Crippen molar-refractivity contribution in [1.29, 1.82) is 0 Å². The third-order valence-corrected chi connectivity index (χ3v) is 4.94. The number of aromatic nitrogens is 1. The summed E-state index contributed by atoms with van der Waals surface area (Å²) in [6.45, 7) is 0. The molecule has 3 rings (SSSR count). The second-order valence-corrected chi connectivity index (χ2v) is 7.86. The number of pyridine rings is 1. The second-order valence-electron chi connectivity index (χ2n) is 6.23. The molecule has 0 saturated heterocycles. The maximum atomic E-state index is 12.4. The Morgan fingerprint density at radius 3 is 2.04 bits per heavy atom. The molecule has 142 valence electrons. The fourth-order valence-corrected chi connectivity index (χ4v) is 3.34. The van der Waals surface area contributed by atoms with Crippen molar-refractivity contribution in [2.24, 2.45) is 9.39 Å². The normalized spacial score (nSPS) is 11.4. The van der Waals surface area contributed by atoms with Crippen molar-refractivity contribution in [2.75, 3.05) is 14.1 Å². The summed E-state index contributed by atoms with van der Waals surface area (Å²) >= 11 is 0. The van der Waals surface area contributed by atoms with E-state index in [0.29, 0.717) is 5.69 Å². The molecule has 0 aliphatic carbocycles. The Morgan fingerprint density at radius 1 is 0.929 bits per heavy atom. The molecule has 1 aromatic heterocycles. The van der Waals surface area contributed by atoms with E-state index >= 15 is 0 Å². The Hall–Kier alpha value is -3.32. The van der Waals surface area contributed by atoms with Crippen LogP contribution in [0.15, 0.2) is 93.4 Å². The van der Waals surface area contributed by atoms with E-state index in [1.165, 1.54) is 24.8 Å². The lowest BCUT2D eigenvalue weighted by Gasteiger charge is -2.08. The second kappa shape index (κ2) is 8.58. The van der Waals surface area contributed by atoms with Crippen molar-refractivity contribution >= 4 is 27.8 Å². The fourth-order valence-electron chi connectivity index (χ4n) is 2.44. The molecule has 0 bridgehead atoms. The first kappa shape index (κ1) is 19.4. The SMILES string of the molecule is CN(C)C=NS(=O)(=O)c1cncc(N=C(c2ccccc2)c2ccccc2)c1. The molecule has 6 nitrogen and oxygen atoms in total. The molecular formula is C21H20N4O2S. The van der Waals surface area contributed by atoms with E-state index in [0.717, 1.165) is 16.8 Å². The number of aliphatic imine (C=N–C) groups is 1. The summed E-state index contributed by atoms with van der Waals surface area (Å²) in [5.41, 5.74) is 3.01. The zero-order valence-electron chi connectivity index (χ0n) is 15.6. The van der Waals surface area contributed by atoms with E-state index in [1.807, 2.05) is 60.7 Å². The number of hydrogen-bond donors (Lipinski definition) is 0. The molecule has 1 heterocycles. The zero-order chi connectivity index (χ0) is 20.0. The van der Waals surface area contributed by atoms with E-state index in [2.05, 4.69) is 9.38 Å². The Bertz CT molecular complexity index is 1050. The van der Waals surface area contributed by atoms with Crippen molar-refractivity contribution in [1.82, 2.24) is 9.88 Å². The molecule has 0 aliphatic rings. The summed E-state index contributed by atoms with van der Waals surface area (Å²) in [6.07, 6.45) is 4.04. The smallest absolute Gasteiger partial charge is 0.285 e. The van der Waals surface area contributed by atoms with Gasteiger partial charge >= 0.3 is 0 Å². The minimum absolute atomic E-state index is 0.00711. The topological polar surface area (TPSA) is 75.0 Å². The summed E-state index contributed by atoms with van der Waals surface area (Å²) in [4.78, 5) is 10.3. The van der Waals surface area contributed by atoms with Gasteiger partial charge in [0.05, 0.1) is 17.6 Å². The molecule has 0 spiro atoms. The maximum absolute atomic E-state index is 12.4. The molecule has 28 heavy (non-hydrogen) atoms. The van der Waals surface area contributed by atoms with E-state index < -0.39 is 10.0 Å². The van der Waals surface area contributed by atoms with Crippen molar-refractivity contribution in [2.45, 2.75) is 4.90 Å². The number of benzene rings is 2. The highest BCUT2D eigenvalue weighted by Gasteiger charge is 2.14. The number of sulfonamides is 1. The largest absolute Gasteiger partial charge is 0.368 e. The number of rotatable bonds is 6. The van der Waals surface area contributed by atoms with Crippen LogP contribution < -0.4 is 0 Å². The van der Waals surface area contributed by atoms with Gasteiger partial charge in [0, 0.05) is 31.4 Å². The van der Waals surface area contributed by atoms with Gasteiger partial charge in [-0.15, -0.1) is 4.40 Å². The average molecular weight is 392 g/mol. The van der Waals surface area contributed by atoms with Gasteiger partial charge in [-0.2, -0.15) is 8.42 Å². The van der Waals surface area contributed by atoms with Gasteiger partial charge in [-0.05, 0) is 6.07 Å². The highest BCUT2D eigenvalue weighted by atomic mass is 32.2. The van der Waals surface area contributed by atoms with Gasteiger partial charge in [0.2, 0.25) is 0 Å². The van der Waals surface area contributed by atoms with Crippen LogP contribution in [-0.2, 0) is 10.0 Å². The van der Waals surface area contributed by atoms with Crippen LogP contribution in [0.3, 0.4) is 0 Å². The van der Waals surface area contributed by atoms with Crippen LogP contribution in [0.2, 0.25) is 0 Å². The van der Waals surface area contributed by atoms with Crippen LogP contribution in [0, 0.1) is 0 Å². The van der Waals surface area contributed by atoms with Crippen molar-refractivity contribution < 1.29 is 8.42 Å². The van der Waals surface area contributed by atoms with Crippen molar-refractivity contribution in [3.8, 4) is 0 Å². The van der Waals surface area contributed by atoms with Gasteiger partial charge < -0.3 is 4.90 Å². The van der Waals surface area contributed by atoms with Gasteiger partial charge in [-0.3, -0.25) is 4.98 Å². The van der Waals surface area contributed by atoms with Crippen LogP contribution in [0.4, 0.5) is 5.69 Å². The minimum atomic E-state index is -3.85. The van der Waals surface area contributed by atoms with Gasteiger partial charge in [-0.1, -0.05) is 60.7 Å². The maximum Gasteiger partial charge on any atom is 0.285 e. The first-order chi connectivity index (χ1) is 13.5. The molecule has 0 unspecified atom stereocenters. The molecule has 0 radical (unpaired) electrons. The van der Waals surface area contributed by atoms with Crippen molar-refractivity contribution in [3.05, 3.63) is 90.3 Å². The predicted octanol–water partition coefficient (Wildman–Crippen LogP) is 3.53. The van der Waals surface area contributed by atoms with Gasteiger partial charge in [0.25, 0.3) is 10.0 Å². The molecular weight excluding hydrogens is 372 g/mol. The van der Waals surface area contributed by atoms with Crippen molar-refractivity contribution in [3.63, 3.8) is 0 Å². The van der Waals surface area contributed by atoms with Crippen LogP contribution in [-0.4, -0.2) is 44.4 Å². The number of nitrogens with zero attached hydrogens (tertiary/aromatic N) is 4. The summed E-state index contributed by atoms with van der Waals surface area (Å²) in [5.74, 6) is 0. The van der Waals surface area contributed by atoms with E-state index in [-0.39, 0.29) is 4.90 Å². The van der Waals surface area contributed by atoms with Crippen LogP contribution in [0.5, 0.6) is 0 Å². The summed E-state index contributed by atoms with van der Waals surface area (Å²) in [5, 5.41) is 0. The predicted molar refractivity (Wildman–Crippen MR) is 112 cm³/mol. The number of hydrogen-bond acceptors (Lipinski definition) is 4. The Kier molecular flexibility index (Phi) is 5.96. The molecule has 7 heteroatoms. The molecule has 3 aromatic rings. The Labute approximate surface area is 165 Å². The highest BCUT2D eigenvalue weighted by molar-refractivity contribution is 7.90.